The number of benzene rings is 1. The van der Waals surface area contributed by atoms with Gasteiger partial charge in [0.2, 0.25) is 0 Å². The first kappa shape index (κ1) is 19.5. The topological polar surface area (TPSA) is 28.5 Å². The average molecular weight is 400 g/mol. The van der Waals surface area contributed by atoms with E-state index >= 15 is 0 Å². The minimum absolute atomic E-state index is 0.0106. The Morgan fingerprint density at radius 1 is 1.04 bits per heavy atom. The third kappa shape index (κ3) is 3.37. The highest BCUT2D eigenvalue weighted by molar-refractivity contribution is 6.29. The molecule has 3 heterocycles. The van der Waals surface area contributed by atoms with Crippen LogP contribution >= 0.6 is 11.6 Å². The monoisotopic (exact) mass is 399 g/mol. The molecule has 150 valence electrons. The van der Waals surface area contributed by atoms with Crippen molar-refractivity contribution in [1.29, 1.82) is 0 Å². The molecule has 0 unspecified atom stereocenters. The Labute approximate surface area is 173 Å². The number of nitrogens with zero attached hydrogens (tertiary/aromatic N) is 3. The van der Waals surface area contributed by atoms with Crippen LogP contribution in [0, 0.1) is 5.92 Å². The Hall–Kier alpha value is -1.78. The molecule has 2 aliphatic heterocycles. The van der Waals surface area contributed by atoms with Crippen molar-refractivity contribution in [2.75, 3.05) is 26.7 Å². The molecule has 1 fully saturated rings. The van der Waals surface area contributed by atoms with Crippen LogP contribution in [0.1, 0.15) is 48.3 Å². The molecule has 1 amide bonds. The van der Waals surface area contributed by atoms with Gasteiger partial charge in [-0.15, -0.1) is 0 Å². The van der Waals surface area contributed by atoms with E-state index in [9.17, 15) is 4.79 Å². The Kier molecular flexibility index (Phi) is 5.28. The van der Waals surface area contributed by atoms with Gasteiger partial charge in [-0.3, -0.25) is 9.69 Å². The molecule has 1 aromatic carbocycles. The van der Waals surface area contributed by atoms with Crippen molar-refractivity contribution in [2.24, 2.45) is 5.92 Å². The van der Waals surface area contributed by atoms with E-state index in [0.717, 1.165) is 56.2 Å². The van der Waals surface area contributed by atoms with E-state index in [1.54, 1.807) is 0 Å². The van der Waals surface area contributed by atoms with Gasteiger partial charge in [0.05, 0.1) is 5.54 Å². The Bertz CT molecular complexity index is 847. The van der Waals surface area contributed by atoms with Gasteiger partial charge in [-0.1, -0.05) is 37.6 Å². The molecular weight excluding hydrogens is 370 g/mol. The standard InChI is InChI=1S/C23H30ClN3O/c1-17(2)16-18-4-6-19(7-5-18)22(28)26-12-10-23(11-13-26)20-8-9-21(24)27(20)15-14-25(23)3/h4-9,17H,10-16H2,1-3H3. The van der Waals surface area contributed by atoms with E-state index in [1.807, 2.05) is 23.1 Å². The molecule has 0 N–H and O–H groups in total. The number of hydrogen-bond donors (Lipinski definition) is 0. The van der Waals surface area contributed by atoms with Gasteiger partial charge in [0.15, 0.2) is 0 Å². The molecule has 2 aliphatic rings. The van der Waals surface area contributed by atoms with Crippen molar-refractivity contribution in [3.8, 4) is 0 Å². The number of aromatic nitrogens is 1. The van der Waals surface area contributed by atoms with Crippen LogP contribution in [0.3, 0.4) is 0 Å². The smallest absolute Gasteiger partial charge is 0.253 e. The maximum atomic E-state index is 13.0. The lowest BCUT2D eigenvalue weighted by molar-refractivity contribution is 0.0132. The molecule has 0 bridgehead atoms. The number of halogens is 1. The maximum Gasteiger partial charge on any atom is 0.253 e. The van der Waals surface area contributed by atoms with Crippen LogP contribution in [0.25, 0.3) is 0 Å². The normalized spacial score (nSPS) is 19.2. The molecule has 4 nitrogen and oxygen atoms in total. The van der Waals surface area contributed by atoms with Crippen LogP contribution in [-0.4, -0.2) is 47.0 Å². The highest BCUT2D eigenvalue weighted by atomic mass is 35.5. The molecule has 4 rings (SSSR count). The van der Waals surface area contributed by atoms with Crippen molar-refractivity contribution in [2.45, 2.75) is 45.2 Å². The van der Waals surface area contributed by atoms with Gasteiger partial charge in [0.25, 0.3) is 5.91 Å². The van der Waals surface area contributed by atoms with Gasteiger partial charge in [-0.2, -0.15) is 0 Å². The van der Waals surface area contributed by atoms with E-state index < -0.39 is 0 Å². The quantitative estimate of drug-likeness (QED) is 0.764. The van der Waals surface area contributed by atoms with Crippen molar-refractivity contribution in [3.63, 3.8) is 0 Å². The predicted octanol–water partition coefficient (Wildman–Crippen LogP) is 4.42. The first-order valence-corrected chi connectivity index (χ1v) is 10.7. The Morgan fingerprint density at radius 2 is 1.71 bits per heavy atom. The van der Waals surface area contributed by atoms with Crippen LogP contribution in [0.4, 0.5) is 0 Å². The second kappa shape index (κ2) is 7.57. The van der Waals surface area contributed by atoms with Crippen molar-refractivity contribution in [3.05, 3.63) is 58.4 Å². The van der Waals surface area contributed by atoms with Gasteiger partial charge in [0, 0.05) is 37.4 Å². The molecular formula is C23H30ClN3O. The third-order valence-corrected chi connectivity index (χ3v) is 6.85. The number of amides is 1. The fraction of sp³-hybridized carbons (Fsp3) is 0.522. The van der Waals surface area contributed by atoms with Crippen LogP contribution < -0.4 is 0 Å². The molecule has 0 atom stereocenters. The van der Waals surface area contributed by atoms with Gasteiger partial charge in [-0.05, 0) is 62.1 Å². The number of piperidine rings is 1. The zero-order valence-electron chi connectivity index (χ0n) is 17.1. The SMILES string of the molecule is CC(C)Cc1ccc(C(=O)N2CCC3(CC2)c2ccc(Cl)n2CCN3C)cc1. The van der Waals surface area contributed by atoms with Crippen molar-refractivity contribution >= 4 is 17.5 Å². The van der Waals surface area contributed by atoms with Crippen LogP contribution in [0.15, 0.2) is 36.4 Å². The molecule has 1 spiro atoms. The predicted molar refractivity (Wildman–Crippen MR) is 114 cm³/mol. The lowest BCUT2D eigenvalue weighted by atomic mass is 9.81. The van der Waals surface area contributed by atoms with E-state index in [2.05, 4.69) is 48.6 Å². The zero-order chi connectivity index (χ0) is 19.9. The summed E-state index contributed by atoms with van der Waals surface area (Å²) in [5, 5.41) is 0.822. The zero-order valence-corrected chi connectivity index (χ0v) is 17.9. The fourth-order valence-corrected chi connectivity index (χ4v) is 5.13. The number of carbonyl (C=O) groups is 1. The van der Waals surface area contributed by atoms with Gasteiger partial charge < -0.3 is 9.47 Å². The summed E-state index contributed by atoms with van der Waals surface area (Å²) in [5.74, 6) is 0.776. The Balaban J connectivity index is 1.47. The lowest BCUT2D eigenvalue weighted by Crippen LogP contribution is -2.56. The first-order valence-electron chi connectivity index (χ1n) is 10.4. The van der Waals surface area contributed by atoms with Gasteiger partial charge in [-0.25, -0.2) is 0 Å². The Morgan fingerprint density at radius 3 is 2.36 bits per heavy atom. The average Bonchev–Trinajstić information content (AvgIpc) is 3.07. The number of rotatable bonds is 3. The highest BCUT2D eigenvalue weighted by Gasteiger charge is 2.44. The van der Waals surface area contributed by atoms with E-state index in [0.29, 0.717) is 5.92 Å². The molecule has 28 heavy (non-hydrogen) atoms. The van der Waals surface area contributed by atoms with Crippen molar-refractivity contribution < 1.29 is 4.79 Å². The lowest BCUT2D eigenvalue weighted by Gasteiger charge is -2.50. The number of carbonyl (C=O) groups excluding carboxylic acids is 1. The number of likely N-dealkylation sites (tertiary alicyclic amines) is 1. The summed E-state index contributed by atoms with van der Waals surface area (Å²) < 4.78 is 2.24. The molecule has 5 heteroatoms. The summed E-state index contributed by atoms with van der Waals surface area (Å²) in [6.45, 7) is 7.92. The second-order valence-corrected chi connectivity index (χ2v) is 9.12. The molecule has 0 saturated carbocycles. The summed E-state index contributed by atoms with van der Waals surface area (Å²) in [6, 6.07) is 12.4. The number of likely N-dealkylation sites (N-methyl/N-ethyl adjacent to an activating group) is 1. The summed E-state index contributed by atoms with van der Waals surface area (Å²) in [7, 11) is 2.20. The minimum Gasteiger partial charge on any atom is -0.338 e. The molecule has 1 aromatic heterocycles. The molecule has 2 aromatic rings. The maximum absolute atomic E-state index is 13.0. The second-order valence-electron chi connectivity index (χ2n) is 8.73. The number of fused-ring (bicyclic) bond motifs is 2. The summed E-state index contributed by atoms with van der Waals surface area (Å²) >= 11 is 6.39. The molecule has 0 radical (unpaired) electrons. The summed E-state index contributed by atoms with van der Waals surface area (Å²) in [5.41, 5.74) is 3.39. The van der Waals surface area contributed by atoms with Gasteiger partial charge >= 0.3 is 0 Å². The van der Waals surface area contributed by atoms with Crippen LogP contribution in [-0.2, 0) is 18.5 Å². The highest BCUT2D eigenvalue weighted by Crippen LogP contribution is 2.42. The molecule has 0 aliphatic carbocycles. The first-order chi connectivity index (χ1) is 13.4. The molecule has 1 saturated heterocycles. The summed E-state index contributed by atoms with van der Waals surface area (Å²) in [4.78, 5) is 17.5. The fourth-order valence-electron chi connectivity index (χ4n) is 4.89. The number of hydrogen-bond acceptors (Lipinski definition) is 2. The van der Waals surface area contributed by atoms with Gasteiger partial charge in [0.1, 0.15) is 5.15 Å². The van der Waals surface area contributed by atoms with E-state index in [-0.39, 0.29) is 11.4 Å². The minimum atomic E-state index is -0.0106. The summed E-state index contributed by atoms with van der Waals surface area (Å²) in [6.07, 6.45) is 2.94. The van der Waals surface area contributed by atoms with E-state index in [1.165, 1.54) is 11.3 Å². The van der Waals surface area contributed by atoms with E-state index in [4.69, 9.17) is 11.6 Å². The van der Waals surface area contributed by atoms with Crippen LogP contribution in [0.5, 0.6) is 0 Å². The third-order valence-electron chi connectivity index (χ3n) is 6.52. The van der Waals surface area contributed by atoms with Crippen LogP contribution in [0.2, 0.25) is 5.15 Å². The van der Waals surface area contributed by atoms with Crippen molar-refractivity contribution in [1.82, 2.24) is 14.4 Å². The largest absolute Gasteiger partial charge is 0.338 e.